The van der Waals surface area contributed by atoms with E-state index in [1.807, 2.05) is 91.2 Å². The molecule has 0 aliphatic carbocycles. The lowest BCUT2D eigenvalue weighted by atomic mass is 9.96. The van der Waals surface area contributed by atoms with Crippen LogP contribution in [0.15, 0.2) is 60.7 Å². The van der Waals surface area contributed by atoms with E-state index >= 15 is 0 Å². The molecule has 0 aromatic heterocycles. The molecule has 5 heteroatoms. The van der Waals surface area contributed by atoms with Gasteiger partial charge in [-0.25, -0.2) is 0 Å². The van der Waals surface area contributed by atoms with E-state index in [0.29, 0.717) is 13.0 Å². The minimum Gasteiger partial charge on any atom is -0.350 e. The first-order chi connectivity index (χ1) is 13.3. The number of amides is 2. The number of fused-ring (bicyclic) bond motifs is 1. The Morgan fingerprint density at radius 1 is 1.04 bits per heavy atom. The smallest absolute Gasteiger partial charge is 0.246 e. The van der Waals surface area contributed by atoms with Crippen LogP contribution in [0.3, 0.4) is 0 Å². The molecule has 0 spiro atoms. The monoisotopic (exact) mass is 377 g/mol. The minimum absolute atomic E-state index is 0.0191. The van der Waals surface area contributed by atoms with Gasteiger partial charge in [0.15, 0.2) is 0 Å². The van der Waals surface area contributed by atoms with Gasteiger partial charge in [-0.05, 0) is 38.5 Å². The van der Waals surface area contributed by atoms with E-state index in [4.69, 9.17) is 0 Å². The molecule has 0 saturated carbocycles. The van der Waals surface area contributed by atoms with Crippen LogP contribution in [0.2, 0.25) is 0 Å². The van der Waals surface area contributed by atoms with Crippen molar-refractivity contribution in [2.75, 3.05) is 11.4 Å². The molecule has 5 nitrogen and oxygen atoms in total. The summed E-state index contributed by atoms with van der Waals surface area (Å²) < 4.78 is 0. The number of nitrogens with one attached hydrogen (secondary N) is 1. The van der Waals surface area contributed by atoms with Crippen LogP contribution in [0, 0.1) is 0 Å². The Hall–Kier alpha value is -2.82. The van der Waals surface area contributed by atoms with E-state index in [-0.39, 0.29) is 35.5 Å². The molecule has 2 heterocycles. The largest absolute Gasteiger partial charge is 0.350 e. The van der Waals surface area contributed by atoms with Crippen LogP contribution < -0.4 is 10.2 Å². The second kappa shape index (κ2) is 6.97. The van der Waals surface area contributed by atoms with Gasteiger partial charge in [-0.2, -0.15) is 0 Å². The van der Waals surface area contributed by atoms with Crippen molar-refractivity contribution in [1.82, 2.24) is 10.2 Å². The molecule has 0 unspecified atom stereocenters. The zero-order valence-corrected chi connectivity index (χ0v) is 16.6. The third kappa shape index (κ3) is 3.61. The molecular weight excluding hydrogens is 350 g/mol. The standard InChI is InChI=1S/C23H27N3O2/c1-23(2,3)24-21(27)20-19-15-25(19)22(28)18(14-16-10-6-4-7-11-16)26(20)17-12-8-5-9-13-17/h4-13,18-20H,14-15H2,1-3H3,(H,24,27)/t18-,19-,20-,25?/m0/s1. The van der Waals surface area contributed by atoms with Gasteiger partial charge < -0.3 is 15.1 Å². The van der Waals surface area contributed by atoms with Crippen LogP contribution in [0.25, 0.3) is 0 Å². The topological polar surface area (TPSA) is 52.4 Å². The molecular formula is C23H27N3O2. The van der Waals surface area contributed by atoms with E-state index in [1.165, 1.54) is 0 Å². The van der Waals surface area contributed by atoms with Gasteiger partial charge in [-0.15, -0.1) is 0 Å². The van der Waals surface area contributed by atoms with Crippen molar-refractivity contribution in [1.29, 1.82) is 0 Å². The number of benzene rings is 2. The predicted octanol–water partition coefficient (Wildman–Crippen LogP) is 2.61. The van der Waals surface area contributed by atoms with E-state index in [9.17, 15) is 9.59 Å². The van der Waals surface area contributed by atoms with Crippen molar-refractivity contribution in [3.8, 4) is 0 Å². The Bertz CT molecular complexity index is 860. The normalized spacial score (nSPS) is 24.0. The molecule has 28 heavy (non-hydrogen) atoms. The third-order valence-corrected chi connectivity index (χ3v) is 5.31. The molecule has 4 rings (SSSR count). The van der Waals surface area contributed by atoms with Gasteiger partial charge in [0.05, 0.1) is 6.04 Å². The Morgan fingerprint density at radius 2 is 1.64 bits per heavy atom. The maximum absolute atomic E-state index is 13.2. The summed E-state index contributed by atoms with van der Waals surface area (Å²) >= 11 is 0. The fraction of sp³-hybridized carbons (Fsp3) is 0.391. The van der Waals surface area contributed by atoms with Gasteiger partial charge in [0.1, 0.15) is 12.1 Å². The van der Waals surface area contributed by atoms with Crippen molar-refractivity contribution in [2.45, 2.75) is 50.9 Å². The second-order valence-electron chi connectivity index (χ2n) is 8.69. The Morgan fingerprint density at radius 3 is 2.25 bits per heavy atom. The van der Waals surface area contributed by atoms with Crippen LogP contribution in [0.1, 0.15) is 26.3 Å². The maximum atomic E-state index is 13.2. The van der Waals surface area contributed by atoms with E-state index in [1.54, 1.807) is 0 Å². The van der Waals surface area contributed by atoms with Crippen molar-refractivity contribution in [3.05, 3.63) is 66.2 Å². The summed E-state index contributed by atoms with van der Waals surface area (Å²) in [6.07, 6.45) is 0.580. The number of carbonyl (C=O) groups is 2. The summed E-state index contributed by atoms with van der Waals surface area (Å²) in [5, 5.41) is 3.13. The number of hydrogen-bond acceptors (Lipinski definition) is 3. The van der Waals surface area contributed by atoms with E-state index in [0.717, 1.165) is 11.3 Å². The summed E-state index contributed by atoms with van der Waals surface area (Å²) in [6, 6.07) is 19.0. The van der Waals surface area contributed by atoms with Gasteiger partial charge in [0.2, 0.25) is 11.8 Å². The average Bonchev–Trinajstić information content (AvgIpc) is 3.44. The second-order valence-corrected chi connectivity index (χ2v) is 8.69. The number of nitrogens with zero attached hydrogens (tertiary/aromatic N) is 2. The van der Waals surface area contributed by atoms with Crippen molar-refractivity contribution in [2.24, 2.45) is 0 Å². The molecule has 2 aliphatic rings. The lowest BCUT2D eigenvalue weighted by Gasteiger charge is -2.42. The van der Waals surface area contributed by atoms with Gasteiger partial charge in [0, 0.05) is 24.2 Å². The van der Waals surface area contributed by atoms with Gasteiger partial charge in [-0.1, -0.05) is 48.5 Å². The molecule has 2 aromatic carbocycles. The maximum Gasteiger partial charge on any atom is 0.246 e. The fourth-order valence-electron chi connectivity index (χ4n) is 4.08. The average molecular weight is 377 g/mol. The summed E-state index contributed by atoms with van der Waals surface area (Å²) in [5.74, 6) is 0.0897. The first-order valence-electron chi connectivity index (χ1n) is 9.85. The zero-order valence-electron chi connectivity index (χ0n) is 16.6. The number of para-hydroxylation sites is 1. The molecule has 2 fully saturated rings. The lowest BCUT2D eigenvalue weighted by Crippen LogP contribution is -2.64. The first-order valence-corrected chi connectivity index (χ1v) is 9.85. The van der Waals surface area contributed by atoms with Crippen LogP contribution in [-0.4, -0.2) is 46.9 Å². The van der Waals surface area contributed by atoms with Crippen LogP contribution in [0.4, 0.5) is 5.69 Å². The van der Waals surface area contributed by atoms with Crippen molar-refractivity contribution >= 4 is 17.5 Å². The summed E-state index contributed by atoms with van der Waals surface area (Å²) in [4.78, 5) is 30.3. The summed E-state index contributed by atoms with van der Waals surface area (Å²) in [7, 11) is 0. The van der Waals surface area contributed by atoms with E-state index in [2.05, 4.69) is 5.32 Å². The van der Waals surface area contributed by atoms with Gasteiger partial charge in [0.25, 0.3) is 0 Å². The lowest BCUT2D eigenvalue weighted by molar-refractivity contribution is -0.131. The molecule has 3 atom stereocenters. The number of piperazine rings is 1. The van der Waals surface area contributed by atoms with Gasteiger partial charge >= 0.3 is 0 Å². The Kier molecular flexibility index (Phi) is 4.61. The minimum atomic E-state index is -0.390. The molecule has 1 N–H and O–H groups in total. The quantitative estimate of drug-likeness (QED) is 0.834. The van der Waals surface area contributed by atoms with Crippen molar-refractivity contribution < 1.29 is 9.59 Å². The molecule has 2 aromatic rings. The molecule has 2 aliphatic heterocycles. The number of hydrogen-bond donors (Lipinski definition) is 1. The summed E-state index contributed by atoms with van der Waals surface area (Å²) in [6.45, 7) is 6.60. The first kappa shape index (κ1) is 18.5. The zero-order chi connectivity index (χ0) is 19.9. The molecule has 146 valence electrons. The van der Waals surface area contributed by atoms with Gasteiger partial charge in [-0.3, -0.25) is 9.59 Å². The highest BCUT2D eigenvalue weighted by Gasteiger charge is 2.58. The molecule has 2 amide bonds. The summed E-state index contributed by atoms with van der Waals surface area (Å²) in [5.41, 5.74) is 1.68. The molecule has 2 saturated heterocycles. The fourth-order valence-corrected chi connectivity index (χ4v) is 4.08. The Balaban J connectivity index is 1.73. The predicted molar refractivity (Wildman–Crippen MR) is 110 cm³/mol. The number of anilines is 1. The third-order valence-electron chi connectivity index (χ3n) is 5.31. The highest BCUT2D eigenvalue weighted by atomic mass is 16.2. The number of rotatable bonds is 4. The number of carbonyl (C=O) groups excluding carboxylic acids is 2. The SMILES string of the molecule is CC(C)(C)NC(=O)[C@@H]1[C@@H]2CN2C(=O)[C@H](Cc2ccccc2)N1c1ccccc1. The van der Waals surface area contributed by atoms with Crippen LogP contribution >= 0.6 is 0 Å². The van der Waals surface area contributed by atoms with Crippen LogP contribution in [-0.2, 0) is 16.0 Å². The Labute approximate surface area is 166 Å². The van der Waals surface area contributed by atoms with E-state index < -0.39 is 0 Å². The van der Waals surface area contributed by atoms with Crippen LogP contribution in [0.5, 0.6) is 0 Å². The molecule has 0 radical (unpaired) electrons. The van der Waals surface area contributed by atoms with Crippen molar-refractivity contribution in [3.63, 3.8) is 0 Å². The molecule has 0 bridgehead atoms. The highest BCUT2D eigenvalue weighted by molar-refractivity contribution is 5.97. The highest BCUT2D eigenvalue weighted by Crippen LogP contribution is 2.37.